The van der Waals surface area contributed by atoms with E-state index < -0.39 is 0 Å². The first-order valence-corrected chi connectivity index (χ1v) is 11.8. The van der Waals surface area contributed by atoms with Gasteiger partial charge in [-0.1, -0.05) is 30.3 Å². The molecule has 7 nitrogen and oxygen atoms in total. The second-order valence-electron chi connectivity index (χ2n) is 8.54. The second kappa shape index (κ2) is 10.2. The molecule has 0 radical (unpaired) electrons. The molecule has 3 aromatic carbocycles. The molecule has 0 aliphatic carbocycles. The van der Waals surface area contributed by atoms with Crippen LogP contribution in [0.3, 0.4) is 0 Å². The largest absolute Gasteiger partial charge is 0.493 e. The Kier molecular flexibility index (Phi) is 6.68. The van der Waals surface area contributed by atoms with Crippen molar-refractivity contribution in [3.63, 3.8) is 0 Å². The Morgan fingerprint density at radius 2 is 1.63 bits per heavy atom. The Hall–Kier alpha value is -3.84. The maximum atomic E-state index is 5.49. The number of anilines is 2. The van der Waals surface area contributed by atoms with Crippen LogP contribution in [0.2, 0.25) is 0 Å². The van der Waals surface area contributed by atoms with Gasteiger partial charge in [-0.05, 0) is 47.9 Å². The van der Waals surface area contributed by atoms with Crippen molar-refractivity contribution >= 4 is 22.4 Å². The van der Waals surface area contributed by atoms with Crippen LogP contribution in [0.15, 0.2) is 60.7 Å². The van der Waals surface area contributed by atoms with Gasteiger partial charge >= 0.3 is 0 Å². The number of fused-ring (bicyclic) bond motifs is 1. The molecule has 0 amide bonds. The van der Waals surface area contributed by atoms with Gasteiger partial charge in [0.25, 0.3) is 0 Å². The van der Waals surface area contributed by atoms with Crippen LogP contribution in [0.25, 0.3) is 22.0 Å². The number of methoxy groups -OCH3 is 2. The average Bonchev–Trinajstić information content (AvgIpc) is 2.91. The zero-order valence-corrected chi connectivity index (χ0v) is 20.4. The van der Waals surface area contributed by atoms with Gasteiger partial charge in [0.05, 0.1) is 33.0 Å². The number of hydrogen-bond donors (Lipinski definition) is 1. The lowest BCUT2D eigenvalue weighted by Gasteiger charge is -2.28. The van der Waals surface area contributed by atoms with Crippen molar-refractivity contribution < 1.29 is 14.2 Å². The van der Waals surface area contributed by atoms with Crippen LogP contribution in [0.4, 0.5) is 11.5 Å². The monoisotopic (exact) mass is 470 g/mol. The molecule has 0 saturated carbocycles. The molecule has 1 aliphatic rings. The minimum atomic E-state index is 0.638. The van der Waals surface area contributed by atoms with Gasteiger partial charge in [0.2, 0.25) is 0 Å². The summed E-state index contributed by atoms with van der Waals surface area (Å²) in [5.41, 5.74) is 5.61. The molecule has 1 fully saturated rings. The van der Waals surface area contributed by atoms with E-state index in [9.17, 15) is 0 Å². The van der Waals surface area contributed by atoms with Gasteiger partial charge in [-0.15, -0.1) is 0 Å². The number of aromatic nitrogens is 2. The first kappa shape index (κ1) is 22.9. The fourth-order valence-corrected chi connectivity index (χ4v) is 4.44. The standard InChI is InChI=1S/C28H30N4O3/c1-19-30-25-17-27(34-3)26(33-2)16-24(25)28(31-19)29-18-20-5-4-6-22(15-20)21-7-9-23(10-8-21)32-11-13-35-14-12-32/h4-10,15-17H,11-14,18H2,1-3H3,(H,29,30,31). The molecule has 1 N–H and O–H groups in total. The second-order valence-corrected chi connectivity index (χ2v) is 8.54. The van der Waals surface area contributed by atoms with Gasteiger partial charge in [-0.2, -0.15) is 0 Å². The third kappa shape index (κ3) is 5.00. The molecule has 0 bridgehead atoms. The Bertz CT molecular complexity index is 1320. The molecule has 35 heavy (non-hydrogen) atoms. The minimum Gasteiger partial charge on any atom is -0.493 e. The molecule has 1 aromatic heterocycles. The number of ether oxygens (including phenoxy) is 3. The first-order valence-electron chi connectivity index (χ1n) is 11.8. The van der Waals surface area contributed by atoms with E-state index in [0.717, 1.165) is 43.0 Å². The van der Waals surface area contributed by atoms with Gasteiger partial charge in [-0.25, -0.2) is 9.97 Å². The fourth-order valence-electron chi connectivity index (χ4n) is 4.44. The molecular weight excluding hydrogens is 440 g/mol. The van der Waals surface area contributed by atoms with Crippen molar-refractivity contribution in [1.29, 1.82) is 0 Å². The van der Waals surface area contributed by atoms with Crippen molar-refractivity contribution in [3.8, 4) is 22.6 Å². The summed E-state index contributed by atoms with van der Waals surface area (Å²) in [6.07, 6.45) is 0. The van der Waals surface area contributed by atoms with Crippen molar-refractivity contribution in [2.45, 2.75) is 13.5 Å². The SMILES string of the molecule is COc1cc2nc(C)nc(NCc3cccc(-c4ccc(N5CCOCC5)cc4)c3)c2cc1OC. The molecule has 1 saturated heterocycles. The van der Waals surface area contributed by atoms with E-state index in [-0.39, 0.29) is 0 Å². The summed E-state index contributed by atoms with van der Waals surface area (Å²) in [7, 11) is 3.25. The Balaban J connectivity index is 1.36. The van der Waals surface area contributed by atoms with Crippen LogP contribution in [-0.2, 0) is 11.3 Å². The summed E-state index contributed by atoms with van der Waals surface area (Å²) in [6.45, 7) is 5.99. The molecule has 5 rings (SSSR count). The van der Waals surface area contributed by atoms with Crippen LogP contribution in [-0.4, -0.2) is 50.5 Å². The van der Waals surface area contributed by atoms with E-state index in [1.165, 1.54) is 22.4 Å². The summed E-state index contributed by atoms with van der Waals surface area (Å²) in [4.78, 5) is 11.6. The quantitative estimate of drug-likeness (QED) is 0.404. The molecule has 0 spiro atoms. The van der Waals surface area contributed by atoms with Crippen molar-refractivity contribution in [2.24, 2.45) is 0 Å². The van der Waals surface area contributed by atoms with Crippen LogP contribution in [0.5, 0.6) is 11.5 Å². The lowest BCUT2D eigenvalue weighted by atomic mass is 10.0. The molecule has 7 heteroatoms. The lowest BCUT2D eigenvalue weighted by Crippen LogP contribution is -2.36. The van der Waals surface area contributed by atoms with Gasteiger partial charge in [0.15, 0.2) is 11.5 Å². The van der Waals surface area contributed by atoms with E-state index in [2.05, 4.69) is 68.7 Å². The molecule has 180 valence electrons. The normalized spacial score (nSPS) is 13.6. The number of aryl methyl sites for hydroxylation is 1. The fraction of sp³-hybridized carbons (Fsp3) is 0.286. The predicted molar refractivity (Wildman–Crippen MR) is 140 cm³/mol. The van der Waals surface area contributed by atoms with E-state index in [4.69, 9.17) is 14.2 Å². The minimum absolute atomic E-state index is 0.638. The van der Waals surface area contributed by atoms with E-state index >= 15 is 0 Å². The highest BCUT2D eigenvalue weighted by Crippen LogP contribution is 2.34. The van der Waals surface area contributed by atoms with Crippen LogP contribution >= 0.6 is 0 Å². The van der Waals surface area contributed by atoms with Gasteiger partial charge in [0.1, 0.15) is 11.6 Å². The Labute approximate surface area is 205 Å². The number of morpholine rings is 1. The number of hydrogen-bond acceptors (Lipinski definition) is 7. The van der Waals surface area contributed by atoms with E-state index in [1.807, 2.05) is 19.1 Å². The third-order valence-corrected chi connectivity index (χ3v) is 6.28. The number of nitrogens with zero attached hydrogens (tertiary/aromatic N) is 3. The zero-order chi connectivity index (χ0) is 24.2. The van der Waals surface area contributed by atoms with Gasteiger partial charge in [0, 0.05) is 36.8 Å². The van der Waals surface area contributed by atoms with Gasteiger partial charge < -0.3 is 24.4 Å². The molecule has 2 heterocycles. The average molecular weight is 471 g/mol. The van der Waals surface area contributed by atoms with Gasteiger partial charge in [-0.3, -0.25) is 0 Å². The van der Waals surface area contributed by atoms with Crippen molar-refractivity contribution in [2.75, 3.05) is 50.7 Å². The summed E-state index contributed by atoms with van der Waals surface area (Å²) >= 11 is 0. The number of benzene rings is 3. The lowest BCUT2D eigenvalue weighted by molar-refractivity contribution is 0.122. The third-order valence-electron chi connectivity index (χ3n) is 6.28. The molecule has 4 aromatic rings. The number of rotatable bonds is 7. The van der Waals surface area contributed by atoms with E-state index in [1.54, 1.807) is 14.2 Å². The topological polar surface area (TPSA) is 68.7 Å². The highest BCUT2D eigenvalue weighted by molar-refractivity contribution is 5.91. The Morgan fingerprint density at radius 3 is 2.37 bits per heavy atom. The Morgan fingerprint density at radius 1 is 0.886 bits per heavy atom. The maximum absolute atomic E-state index is 5.49. The smallest absolute Gasteiger partial charge is 0.162 e. The predicted octanol–water partition coefficient (Wildman–Crippen LogP) is 5.07. The maximum Gasteiger partial charge on any atom is 0.162 e. The zero-order valence-electron chi connectivity index (χ0n) is 20.4. The van der Waals surface area contributed by atoms with Crippen LogP contribution in [0, 0.1) is 6.92 Å². The highest BCUT2D eigenvalue weighted by Gasteiger charge is 2.13. The summed E-state index contributed by atoms with van der Waals surface area (Å²) in [6, 6.07) is 21.2. The van der Waals surface area contributed by atoms with Crippen molar-refractivity contribution in [1.82, 2.24) is 9.97 Å². The molecule has 0 atom stereocenters. The van der Waals surface area contributed by atoms with E-state index in [0.29, 0.717) is 23.9 Å². The number of nitrogens with one attached hydrogen (secondary N) is 1. The summed E-state index contributed by atoms with van der Waals surface area (Å²) < 4.78 is 16.4. The molecular formula is C28H30N4O3. The summed E-state index contributed by atoms with van der Waals surface area (Å²) in [5.74, 6) is 2.77. The van der Waals surface area contributed by atoms with Crippen LogP contribution < -0.4 is 19.7 Å². The molecule has 1 aliphatic heterocycles. The van der Waals surface area contributed by atoms with Crippen LogP contribution in [0.1, 0.15) is 11.4 Å². The first-order chi connectivity index (χ1) is 17.1. The molecule has 0 unspecified atom stereocenters. The summed E-state index contributed by atoms with van der Waals surface area (Å²) in [5, 5.41) is 4.39. The van der Waals surface area contributed by atoms with Crippen molar-refractivity contribution in [3.05, 3.63) is 72.1 Å². The highest BCUT2D eigenvalue weighted by atomic mass is 16.5.